The summed E-state index contributed by atoms with van der Waals surface area (Å²) >= 11 is 15.0. The number of nitrogens with one attached hydrogen (secondary N) is 2. The van der Waals surface area contributed by atoms with Crippen LogP contribution in [0.2, 0.25) is 10.0 Å². The highest BCUT2D eigenvalue weighted by Crippen LogP contribution is 2.31. The van der Waals surface area contributed by atoms with E-state index in [1.807, 2.05) is 31.2 Å². The second-order valence-corrected chi connectivity index (χ2v) is 8.74. The number of carbonyl (C=O) groups is 1. The molecule has 5 nitrogen and oxygen atoms in total. The minimum atomic E-state index is -0.153. The number of halogens is 2. The second-order valence-electron chi connectivity index (χ2n) is 5.61. The van der Waals surface area contributed by atoms with Crippen LogP contribution in [0.5, 0.6) is 0 Å². The quantitative estimate of drug-likeness (QED) is 0.441. The topological polar surface area (TPSA) is 66.9 Å². The molecular weight excluding hydrogens is 423 g/mol. The lowest BCUT2D eigenvalue weighted by atomic mass is 10.2. The van der Waals surface area contributed by atoms with Crippen molar-refractivity contribution in [1.82, 2.24) is 10.2 Å². The van der Waals surface area contributed by atoms with Crippen LogP contribution in [0.15, 0.2) is 46.8 Å². The van der Waals surface area contributed by atoms with E-state index in [4.69, 9.17) is 23.2 Å². The zero-order valence-electron chi connectivity index (χ0n) is 14.3. The van der Waals surface area contributed by atoms with E-state index in [2.05, 4.69) is 20.8 Å². The molecule has 2 aromatic carbocycles. The number of hydrogen-bond donors (Lipinski definition) is 2. The molecule has 140 valence electrons. The van der Waals surface area contributed by atoms with E-state index in [1.54, 1.807) is 18.2 Å². The van der Waals surface area contributed by atoms with Gasteiger partial charge in [-0.3, -0.25) is 4.79 Å². The number of aryl methyl sites for hydroxylation is 1. The maximum atomic E-state index is 12.1. The molecule has 0 spiro atoms. The highest BCUT2D eigenvalue weighted by molar-refractivity contribution is 8.01. The van der Waals surface area contributed by atoms with Crippen molar-refractivity contribution in [3.8, 4) is 0 Å². The molecule has 0 fully saturated rings. The Hall–Kier alpha value is -1.80. The van der Waals surface area contributed by atoms with E-state index in [9.17, 15) is 4.79 Å². The number of rotatable bonds is 7. The van der Waals surface area contributed by atoms with Crippen molar-refractivity contribution in [3.63, 3.8) is 0 Å². The number of nitrogens with zero attached hydrogens (tertiary/aromatic N) is 2. The van der Waals surface area contributed by atoms with Gasteiger partial charge in [0, 0.05) is 17.9 Å². The van der Waals surface area contributed by atoms with Gasteiger partial charge >= 0.3 is 0 Å². The Balaban J connectivity index is 1.47. The summed E-state index contributed by atoms with van der Waals surface area (Å²) in [6.07, 6.45) is 0.312. The first-order valence-electron chi connectivity index (χ1n) is 8.05. The summed E-state index contributed by atoms with van der Waals surface area (Å²) in [5.74, 6) is 0.424. The molecule has 0 saturated carbocycles. The van der Waals surface area contributed by atoms with E-state index in [0.717, 1.165) is 10.0 Å². The smallest absolute Gasteiger partial charge is 0.225 e. The first kappa shape index (κ1) is 19.9. The largest absolute Gasteiger partial charge is 0.330 e. The monoisotopic (exact) mass is 438 g/mol. The molecule has 0 aliphatic rings. The van der Waals surface area contributed by atoms with Crippen molar-refractivity contribution in [2.24, 2.45) is 0 Å². The Labute approximate surface area is 175 Å². The Morgan fingerprint density at radius 1 is 1.11 bits per heavy atom. The Morgan fingerprint density at radius 2 is 1.81 bits per heavy atom. The second kappa shape index (κ2) is 9.41. The highest BCUT2D eigenvalue weighted by Gasteiger charge is 2.11. The van der Waals surface area contributed by atoms with Gasteiger partial charge in [-0.05, 0) is 31.2 Å². The molecule has 0 radical (unpaired) electrons. The molecule has 27 heavy (non-hydrogen) atoms. The van der Waals surface area contributed by atoms with E-state index < -0.39 is 0 Å². The molecule has 0 saturated heterocycles. The van der Waals surface area contributed by atoms with Crippen LogP contribution < -0.4 is 10.6 Å². The van der Waals surface area contributed by atoms with E-state index >= 15 is 0 Å². The average Bonchev–Trinajstić information content (AvgIpc) is 3.08. The first-order chi connectivity index (χ1) is 13.0. The van der Waals surface area contributed by atoms with Crippen molar-refractivity contribution < 1.29 is 4.79 Å². The Bertz CT molecular complexity index is 911. The number of thioether (sulfide) groups is 1. The van der Waals surface area contributed by atoms with Gasteiger partial charge in [0.2, 0.25) is 11.0 Å². The Morgan fingerprint density at radius 3 is 2.52 bits per heavy atom. The zero-order valence-corrected chi connectivity index (χ0v) is 17.5. The molecule has 1 amide bonds. The van der Waals surface area contributed by atoms with Gasteiger partial charge in [0.05, 0.1) is 15.7 Å². The lowest BCUT2D eigenvalue weighted by Gasteiger charge is -2.08. The number of anilines is 3. The normalized spacial score (nSPS) is 10.6. The summed E-state index contributed by atoms with van der Waals surface area (Å²) in [7, 11) is 0. The predicted molar refractivity (Wildman–Crippen MR) is 115 cm³/mol. The molecule has 3 aromatic rings. The SMILES string of the molecule is Cc1ccc(Nc2nnc(SCCC(=O)Nc3c(Cl)cccc3Cl)s2)cc1. The summed E-state index contributed by atoms with van der Waals surface area (Å²) < 4.78 is 0.799. The summed E-state index contributed by atoms with van der Waals surface area (Å²) in [5, 5.41) is 15.8. The summed E-state index contributed by atoms with van der Waals surface area (Å²) in [6, 6.07) is 13.1. The lowest BCUT2D eigenvalue weighted by Crippen LogP contribution is -2.12. The van der Waals surface area contributed by atoms with Crippen molar-refractivity contribution in [2.45, 2.75) is 17.7 Å². The van der Waals surface area contributed by atoms with Gasteiger partial charge in [-0.1, -0.05) is 70.1 Å². The molecule has 0 aliphatic carbocycles. The molecular formula is C18H16Cl2N4OS2. The fourth-order valence-corrected chi connectivity index (χ4v) is 4.40. The molecule has 3 rings (SSSR count). The minimum absolute atomic E-state index is 0.153. The van der Waals surface area contributed by atoms with Crippen LogP contribution in [0, 0.1) is 6.92 Å². The molecule has 1 aromatic heterocycles. The van der Waals surface area contributed by atoms with Crippen LogP contribution in [-0.4, -0.2) is 21.9 Å². The Kier molecular flexibility index (Phi) is 6.95. The molecule has 0 unspecified atom stereocenters. The third-order valence-corrected chi connectivity index (χ3v) is 6.09. The third-order valence-electron chi connectivity index (χ3n) is 3.49. The fourth-order valence-electron chi connectivity index (χ4n) is 2.13. The molecule has 1 heterocycles. The first-order valence-corrected chi connectivity index (χ1v) is 10.6. The van der Waals surface area contributed by atoms with Crippen molar-refractivity contribution >= 4 is 68.7 Å². The summed E-state index contributed by atoms with van der Waals surface area (Å²) in [5.41, 5.74) is 2.60. The van der Waals surface area contributed by atoms with Crippen molar-refractivity contribution in [1.29, 1.82) is 0 Å². The van der Waals surface area contributed by atoms with E-state index in [-0.39, 0.29) is 5.91 Å². The van der Waals surface area contributed by atoms with Gasteiger partial charge < -0.3 is 10.6 Å². The van der Waals surface area contributed by atoms with Gasteiger partial charge in [-0.25, -0.2) is 0 Å². The van der Waals surface area contributed by atoms with Crippen molar-refractivity contribution in [2.75, 3.05) is 16.4 Å². The van der Waals surface area contributed by atoms with Crippen LogP contribution in [0.3, 0.4) is 0 Å². The van der Waals surface area contributed by atoms with Crippen LogP contribution in [-0.2, 0) is 4.79 Å². The number of hydrogen-bond acceptors (Lipinski definition) is 6. The molecule has 0 atom stereocenters. The van der Waals surface area contributed by atoms with Crippen LogP contribution in [0.1, 0.15) is 12.0 Å². The maximum Gasteiger partial charge on any atom is 0.225 e. The van der Waals surface area contributed by atoms with Crippen LogP contribution in [0.4, 0.5) is 16.5 Å². The standard InChI is InChI=1S/C18H16Cl2N4OS2/c1-11-5-7-12(8-6-11)21-17-23-24-18(27-17)26-10-9-15(25)22-16-13(19)3-2-4-14(16)20/h2-8H,9-10H2,1H3,(H,21,23)(H,22,25). The fraction of sp³-hybridized carbons (Fsp3) is 0.167. The van der Waals surface area contributed by atoms with Gasteiger partial charge in [0.25, 0.3) is 0 Å². The lowest BCUT2D eigenvalue weighted by molar-refractivity contribution is -0.115. The number of aromatic nitrogens is 2. The molecule has 2 N–H and O–H groups in total. The van der Waals surface area contributed by atoms with E-state index in [1.165, 1.54) is 28.7 Å². The van der Waals surface area contributed by atoms with E-state index in [0.29, 0.717) is 33.0 Å². The average molecular weight is 439 g/mol. The van der Waals surface area contributed by atoms with Gasteiger partial charge in [-0.15, -0.1) is 10.2 Å². The zero-order chi connectivity index (χ0) is 19.2. The number of benzene rings is 2. The van der Waals surface area contributed by atoms with Gasteiger partial charge in [0.1, 0.15) is 0 Å². The molecule has 0 aliphatic heterocycles. The molecule has 9 heteroatoms. The number of para-hydroxylation sites is 1. The minimum Gasteiger partial charge on any atom is -0.330 e. The maximum absolute atomic E-state index is 12.1. The van der Waals surface area contributed by atoms with Gasteiger partial charge in [0.15, 0.2) is 4.34 Å². The summed E-state index contributed by atoms with van der Waals surface area (Å²) in [6.45, 7) is 2.04. The van der Waals surface area contributed by atoms with Crippen LogP contribution >= 0.6 is 46.3 Å². The van der Waals surface area contributed by atoms with Crippen molar-refractivity contribution in [3.05, 3.63) is 58.1 Å². The number of carbonyl (C=O) groups excluding carboxylic acids is 1. The predicted octanol–water partition coefficient (Wildman–Crippen LogP) is 6.02. The highest BCUT2D eigenvalue weighted by atomic mass is 35.5. The summed E-state index contributed by atoms with van der Waals surface area (Å²) in [4.78, 5) is 12.1. The third kappa shape index (κ3) is 5.84. The molecule has 0 bridgehead atoms. The number of amides is 1. The van der Waals surface area contributed by atoms with Crippen LogP contribution in [0.25, 0.3) is 0 Å². The van der Waals surface area contributed by atoms with Gasteiger partial charge in [-0.2, -0.15) is 0 Å².